The van der Waals surface area contributed by atoms with Crippen LogP contribution in [0, 0.1) is 0 Å². The molecule has 0 heterocycles. The second kappa shape index (κ2) is 14.3. The first-order chi connectivity index (χ1) is 18.9. The summed E-state index contributed by atoms with van der Waals surface area (Å²) in [6.07, 6.45) is 2.14. The van der Waals surface area contributed by atoms with E-state index in [1.54, 1.807) is 0 Å². The lowest BCUT2D eigenvalue weighted by molar-refractivity contribution is 0.461. The Hall–Kier alpha value is -3.92. The van der Waals surface area contributed by atoms with Gasteiger partial charge in [0.1, 0.15) is 17.2 Å². The Morgan fingerprint density at radius 3 is 1.03 bits per heavy atom. The van der Waals surface area contributed by atoms with Gasteiger partial charge in [-0.25, -0.2) is 0 Å². The molecule has 0 atom stereocenters. The SMILES string of the molecule is CCc1cccc(C/N=N/[Si](CC)(/N=N/Cc2cccc(CC)c2O)/N=N/Cc2cccc(CC)c2O)c1O. The predicted octanol–water partition coefficient (Wildman–Crippen LogP) is 7.71. The van der Waals surface area contributed by atoms with Crippen LogP contribution >= 0.6 is 0 Å². The van der Waals surface area contributed by atoms with Crippen molar-refractivity contribution in [1.82, 2.24) is 0 Å². The van der Waals surface area contributed by atoms with Gasteiger partial charge >= 0.3 is 8.56 Å². The van der Waals surface area contributed by atoms with Crippen LogP contribution in [0.15, 0.2) is 84.3 Å². The molecule has 0 saturated heterocycles. The third-order valence-corrected chi connectivity index (χ3v) is 8.98. The van der Waals surface area contributed by atoms with Crippen molar-refractivity contribution in [2.24, 2.45) is 29.7 Å². The molecular formula is C29H38N6O3Si. The van der Waals surface area contributed by atoms with Crippen LogP contribution in [0.3, 0.4) is 0 Å². The van der Waals surface area contributed by atoms with Gasteiger partial charge in [-0.2, -0.15) is 29.7 Å². The Morgan fingerprint density at radius 1 is 0.487 bits per heavy atom. The van der Waals surface area contributed by atoms with Gasteiger partial charge in [0.15, 0.2) is 0 Å². The van der Waals surface area contributed by atoms with Crippen molar-refractivity contribution in [1.29, 1.82) is 0 Å². The average Bonchev–Trinajstić information content (AvgIpc) is 2.95. The number of hydrogen-bond donors (Lipinski definition) is 3. The predicted molar refractivity (Wildman–Crippen MR) is 154 cm³/mol. The summed E-state index contributed by atoms with van der Waals surface area (Å²) >= 11 is 0. The van der Waals surface area contributed by atoms with Gasteiger partial charge in [-0.15, -0.1) is 0 Å². The van der Waals surface area contributed by atoms with Crippen molar-refractivity contribution in [3.05, 3.63) is 88.0 Å². The van der Waals surface area contributed by atoms with E-state index in [0.29, 0.717) is 42.0 Å². The summed E-state index contributed by atoms with van der Waals surface area (Å²) in [5.74, 6) is 0.676. The molecule has 0 bridgehead atoms. The van der Waals surface area contributed by atoms with E-state index in [4.69, 9.17) is 0 Å². The third kappa shape index (κ3) is 7.57. The molecule has 0 saturated carbocycles. The summed E-state index contributed by atoms with van der Waals surface area (Å²) in [6, 6.07) is 17.2. The van der Waals surface area contributed by atoms with Gasteiger partial charge in [0.2, 0.25) is 0 Å². The Kier molecular flexibility index (Phi) is 10.9. The lowest BCUT2D eigenvalue weighted by Crippen LogP contribution is -2.25. The topological polar surface area (TPSA) is 135 Å². The zero-order chi connectivity index (χ0) is 28.3. The normalized spacial score (nSPS) is 12.3. The Bertz CT molecular complexity index is 1180. The summed E-state index contributed by atoms with van der Waals surface area (Å²) < 4.78 is 13.6. The van der Waals surface area contributed by atoms with Gasteiger partial charge in [0.05, 0.1) is 19.6 Å². The molecule has 39 heavy (non-hydrogen) atoms. The number of hydrogen-bond acceptors (Lipinski definition) is 9. The third-order valence-electron chi connectivity index (χ3n) is 6.64. The first-order valence-electron chi connectivity index (χ1n) is 13.4. The Balaban J connectivity index is 1.89. The van der Waals surface area contributed by atoms with Gasteiger partial charge < -0.3 is 15.3 Å². The number of aryl methyl sites for hydroxylation is 3. The molecule has 0 unspecified atom stereocenters. The van der Waals surface area contributed by atoms with Crippen molar-refractivity contribution in [2.45, 2.75) is 72.6 Å². The van der Waals surface area contributed by atoms with E-state index in [2.05, 4.69) is 29.7 Å². The van der Waals surface area contributed by atoms with Gasteiger partial charge in [-0.3, -0.25) is 0 Å². The minimum absolute atomic E-state index is 0.179. The number of nitrogens with zero attached hydrogens (tertiary/aromatic N) is 6. The van der Waals surface area contributed by atoms with Crippen LogP contribution in [-0.2, 0) is 38.9 Å². The second-order valence-corrected chi connectivity index (χ2v) is 12.0. The van der Waals surface area contributed by atoms with Crippen LogP contribution in [0.4, 0.5) is 0 Å². The number of benzene rings is 3. The maximum absolute atomic E-state index is 10.5. The smallest absolute Gasteiger partial charge is 0.490 e. The Morgan fingerprint density at radius 2 is 0.769 bits per heavy atom. The fraction of sp³-hybridized carbons (Fsp3) is 0.379. The van der Waals surface area contributed by atoms with Gasteiger partial charge in [0.25, 0.3) is 0 Å². The van der Waals surface area contributed by atoms with Crippen molar-refractivity contribution in [3.63, 3.8) is 0 Å². The van der Waals surface area contributed by atoms with Crippen LogP contribution in [0.1, 0.15) is 61.1 Å². The highest BCUT2D eigenvalue weighted by Gasteiger charge is 2.35. The molecule has 0 fully saturated rings. The molecule has 0 amide bonds. The van der Waals surface area contributed by atoms with Crippen molar-refractivity contribution in [3.8, 4) is 17.2 Å². The summed E-state index contributed by atoms with van der Waals surface area (Å²) in [5, 5.41) is 44.7. The molecule has 3 N–H and O–H groups in total. The number of phenols is 3. The van der Waals surface area contributed by atoms with Gasteiger partial charge in [-0.1, -0.05) is 82.3 Å². The summed E-state index contributed by atoms with van der Waals surface area (Å²) in [5.41, 5.74) is 4.58. The lowest BCUT2D eigenvalue weighted by Gasteiger charge is -2.12. The number of phenolic OH excluding ortho intramolecular Hbond substituents is 3. The summed E-state index contributed by atoms with van der Waals surface area (Å²) in [4.78, 5) is 0. The maximum atomic E-state index is 10.5. The highest BCUT2D eigenvalue weighted by molar-refractivity contribution is 6.74. The van der Waals surface area contributed by atoms with E-state index in [-0.39, 0.29) is 36.9 Å². The maximum Gasteiger partial charge on any atom is 0.490 e. The second-order valence-electron chi connectivity index (χ2n) is 9.16. The zero-order valence-corrected chi connectivity index (χ0v) is 24.2. The van der Waals surface area contributed by atoms with E-state index in [9.17, 15) is 15.3 Å². The molecule has 0 aliphatic rings. The molecule has 0 spiro atoms. The molecule has 0 aliphatic carbocycles. The van der Waals surface area contributed by atoms with Crippen LogP contribution in [0.25, 0.3) is 0 Å². The molecule has 9 nitrogen and oxygen atoms in total. The molecule has 0 radical (unpaired) electrons. The van der Waals surface area contributed by atoms with Crippen molar-refractivity contribution >= 4 is 8.56 Å². The highest BCUT2D eigenvalue weighted by atomic mass is 28.4. The molecule has 3 aromatic carbocycles. The van der Waals surface area contributed by atoms with Crippen molar-refractivity contribution in [2.75, 3.05) is 0 Å². The minimum Gasteiger partial charge on any atom is -0.507 e. The minimum atomic E-state index is -3.22. The van der Waals surface area contributed by atoms with Crippen LogP contribution in [-0.4, -0.2) is 23.9 Å². The Labute approximate surface area is 231 Å². The van der Waals surface area contributed by atoms with Gasteiger partial charge in [0, 0.05) is 22.7 Å². The zero-order valence-electron chi connectivity index (χ0n) is 23.2. The highest BCUT2D eigenvalue weighted by Crippen LogP contribution is 2.28. The molecule has 206 valence electrons. The number of rotatable bonds is 13. The molecule has 3 rings (SSSR count). The van der Waals surface area contributed by atoms with E-state index >= 15 is 0 Å². The van der Waals surface area contributed by atoms with E-state index in [1.807, 2.05) is 82.3 Å². The van der Waals surface area contributed by atoms with Crippen molar-refractivity contribution < 1.29 is 15.3 Å². The van der Waals surface area contributed by atoms with Crippen LogP contribution < -0.4 is 0 Å². The van der Waals surface area contributed by atoms with Crippen LogP contribution in [0.5, 0.6) is 17.2 Å². The van der Waals surface area contributed by atoms with E-state index in [0.717, 1.165) is 16.7 Å². The first-order valence-corrected chi connectivity index (χ1v) is 15.5. The van der Waals surface area contributed by atoms with E-state index in [1.165, 1.54) is 0 Å². The lowest BCUT2D eigenvalue weighted by atomic mass is 10.1. The molecule has 10 heteroatoms. The quantitative estimate of drug-likeness (QED) is 0.150. The van der Waals surface area contributed by atoms with E-state index < -0.39 is 8.56 Å². The largest absolute Gasteiger partial charge is 0.507 e. The standard InChI is InChI=1S/C29H38N6O3Si/c1-5-21-12-9-15-24(27(21)36)18-30-33-39(8-4,34-31-19-25-16-10-13-22(6-2)28(25)37)35-32-20-26-17-11-14-23(7-3)29(26)38/h9-17,36-38H,5-8,18-20H2,1-4H3/b33-30+,34-31+,35-32+. The fourth-order valence-corrected chi connectivity index (χ4v) is 5.55. The molecule has 0 aromatic heterocycles. The molecule has 0 aliphatic heterocycles. The van der Waals surface area contributed by atoms with Gasteiger partial charge in [-0.05, 0) is 36.0 Å². The number of aromatic hydroxyl groups is 3. The average molecular weight is 547 g/mol. The molecule has 3 aromatic rings. The molecular weight excluding hydrogens is 508 g/mol. The van der Waals surface area contributed by atoms with Crippen LogP contribution in [0.2, 0.25) is 6.04 Å². The summed E-state index contributed by atoms with van der Waals surface area (Å²) in [6.45, 7) is 8.41. The summed E-state index contributed by atoms with van der Waals surface area (Å²) in [7, 11) is -3.22. The fourth-order valence-electron chi connectivity index (χ4n) is 4.12. The number of para-hydroxylation sites is 3. The first kappa shape index (κ1) is 29.6. The monoisotopic (exact) mass is 546 g/mol.